The summed E-state index contributed by atoms with van der Waals surface area (Å²) >= 11 is 0. The van der Waals surface area contributed by atoms with Crippen LogP contribution in [-0.4, -0.2) is 111 Å². The van der Waals surface area contributed by atoms with Gasteiger partial charge in [-0.15, -0.1) is 0 Å². The van der Waals surface area contributed by atoms with E-state index in [-0.39, 0.29) is 36.2 Å². The second-order valence-corrected chi connectivity index (χ2v) is 20.2. The molecule has 1 amide bonds. The first kappa shape index (κ1) is 51.2. The molecule has 2 saturated carbocycles. The third kappa shape index (κ3) is 9.90. The number of aliphatic hydroxyl groups is 3. The van der Waals surface area contributed by atoms with Crippen molar-refractivity contribution in [3.63, 3.8) is 0 Å². The number of hydrogen-bond donors (Lipinski definition) is 4. The zero-order valence-corrected chi connectivity index (χ0v) is 40.0. The van der Waals surface area contributed by atoms with Gasteiger partial charge in [-0.1, -0.05) is 95.0 Å². The van der Waals surface area contributed by atoms with E-state index in [0.717, 1.165) is 32.6 Å². The number of unbranched alkanes of at least 4 members (excludes halogenated alkanes) is 4. The number of hydrogen-bond acceptors (Lipinski definition) is 15. The molecule has 6 rings (SSSR count). The standard InChI is InChI=1S/C51H67NO15/c1-10-11-12-13-20-25-36(55)64-40(38(31-21-16-14-17-22-31)52-46(60)67-47(4,5)6)45(59)63-33-27-51(61)43(65-44(58)32-23-18-15-19-24-32)41-49(9,42(57)39(56)37(29(33)2)48(51,7)8)34(54)26-35-50(41,28-62-35)66-30(3)53/h14-19,21-24,33-35,38-41,43,54,56,61H,10-13,20,25-28H2,1-9H3,(H,52,60)/t33-,34-,35+,38-,39+,40+,41?,43?,49+,50-,51+/m0/s1. The molecular formula is C51H67NO15. The fourth-order valence-electron chi connectivity index (χ4n) is 10.7. The van der Waals surface area contributed by atoms with E-state index in [1.54, 1.807) is 83.1 Å². The van der Waals surface area contributed by atoms with Crippen LogP contribution >= 0.6 is 0 Å². The van der Waals surface area contributed by atoms with Crippen molar-refractivity contribution in [2.75, 3.05) is 6.61 Å². The summed E-state index contributed by atoms with van der Waals surface area (Å²) in [7, 11) is 0. The summed E-state index contributed by atoms with van der Waals surface area (Å²) in [6.45, 7) is 13.9. The Bertz CT molecular complexity index is 2200. The summed E-state index contributed by atoms with van der Waals surface area (Å²) in [5.41, 5.74) is -8.31. The Morgan fingerprint density at radius 3 is 2.12 bits per heavy atom. The Labute approximate surface area is 392 Å². The lowest BCUT2D eigenvalue weighted by atomic mass is 9.44. The Balaban J connectivity index is 1.50. The number of aliphatic hydroxyl groups excluding tert-OH is 2. The number of ketones is 1. The largest absolute Gasteiger partial charge is 0.455 e. The first-order valence-corrected chi connectivity index (χ1v) is 23.3. The SMILES string of the molecule is CCCCCCCC(=O)O[C@@H](C(=O)O[C@H]1C[C@@]2(O)C(OC(=O)c3ccccc3)C3[C@](C)(C(=O)[C@H](O)C(=C1C)C2(C)C)[C@@H](O)C[C@H]1OC[C@@]31OC(C)=O)[C@@H](NC(=O)OC(C)(C)C)c1ccccc1. The third-order valence-electron chi connectivity index (χ3n) is 14.3. The zero-order valence-electron chi connectivity index (χ0n) is 40.0. The van der Waals surface area contributed by atoms with Crippen LogP contribution < -0.4 is 5.32 Å². The van der Waals surface area contributed by atoms with Crippen molar-refractivity contribution < 1.29 is 72.5 Å². The van der Waals surface area contributed by atoms with Gasteiger partial charge in [-0.3, -0.25) is 14.4 Å². The van der Waals surface area contributed by atoms with Gasteiger partial charge in [-0.2, -0.15) is 0 Å². The quantitative estimate of drug-likeness (QED) is 0.0677. The third-order valence-corrected chi connectivity index (χ3v) is 14.3. The maximum absolute atomic E-state index is 15.2. The van der Waals surface area contributed by atoms with Crippen LogP contribution in [0.1, 0.15) is 136 Å². The molecule has 366 valence electrons. The number of fused-ring (bicyclic) bond motifs is 5. The monoisotopic (exact) mass is 933 g/mol. The Morgan fingerprint density at radius 1 is 0.910 bits per heavy atom. The summed E-state index contributed by atoms with van der Waals surface area (Å²) in [6.07, 6.45) is -7.45. The van der Waals surface area contributed by atoms with E-state index >= 15 is 4.79 Å². The highest BCUT2D eigenvalue weighted by Gasteiger charge is 2.78. The van der Waals surface area contributed by atoms with Gasteiger partial charge in [0.1, 0.15) is 41.7 Å². The van der Waals surface area contributed by atoms with Crippen LogP contribution in [-0.2, 0) is 47.6 Å². The molecule has 2 unspecified atom stereocenters. The second-order valence-electron chi connectivity index (χ2n) is 20.2. The fourth-order valence-corrected chi connectivity index (χ4v) is 10.7. The highest BCUT2D eigenvalue weighted by atomic mass is 16.6. The Kier molecular flexibility index (Phi) is 15.2. The van der Waals surface area contributed by atoms with E-state index in [0.29, 0.717) is 12.0 Å². The van der Waals surface area contributed by atoms with Crippen molar-refractivity contribution in [3.05, 3.63) is 82.9 Å². The molecule has 16 nitrogen and oxygen atoms in total. The number of alkyl carbamates (subject to hydrolysis) is 1. The molecule has 4 aliphatic rings. The van der Waals surface area contributed by atoms with Crippen molar-refractivity contribution >= 4 is 35.8 Å². The summed E-state index contributed by atoms with van der Waals surface area (Å²) in [5, 5.41) is 40.8. The molecule has 1 aliphatic heterocycles. The van der Waals surface area contributed by atoms with E-state index in [9.17, 15) is 39.3 Å². The molecule has 3 aliphatic carbocycles. The minimum Gasteiger partial charge on any atom is -0.455 e. The number of carbonyl (C=O) groups excluding carboxylic acids is 6. The van der Waals surface area contributed by atoms with Gasteiger partial charge >= 0.3 is 30.0 Å². The molecule has 67 heavy (non-hydrogen) atoms. The van der Waals surface area contributed by atoms with Crippen LogP contribution in [0.3, 0.4) is 0 Å². The first-order valence-electron chi connectivity index (χ1n) is 23.3. The minimum atomic E-state index is -2.40. The molecule has 3 fully saturated rings. The highest BCUT2D eigenvalue weighted by molar-refractivity contribution is 5.94. The van der Waals surface area contributed by atoms with Gasteiger partial charge in [0.2, 0.25) is 6.10 Å². The number of ether oxygens (including phenoxy) is 6. The summed E-state index contributed by atoms with van der Waals surface area (Å²) < 4.78 is 36.2. The number of amides is 1. The van der Waals surface area contributed by atoms with Gasteiger partial charge in [0, 0.05) is 31.6 Å². The van der Waals surface area contributed by atoms with Crippen molar-refractivity contribution in [2.24, 2.45) is 16.7 Å². The first-order chi connectivity index (χ1) is 31.4. The smallest absolute Gasteiger partial charge is 0.408 e. The van der Waals surface area contributed by atoms with Crippen LogP contribution in [0, 0.1) is 16.7 Å². The lowest BCUT2D eigenvalue weighted by Gasteiger charge is -2.67. The lowest BCUT2D eigenvalue weighted by Crippen LogP contribution is -2.81. The van der Waals surface area contributed by atoms with E-state index in [1.165, 1.54) is 26.0 Å². The predicted molar refractivity (Wildman–Crippen MR) is 241 cm³/mol. The average Bonchev–Trinajstić information content (AvgIpc) is 3.25. The number of nitrogens with one attached hydrogen (secondary N) is 1. The molecule has 1 heterocycles. The zero-order chi connectivity index (χ0) is 49.3. The molecule has 2 aromatic rings. The van der Waals surface area contributed by atoms with Crippen LogP contribution in [0.15, 0.2) is 71.8 Å². The molecule has 2 bridgehead atoms. The van der Waals surface area contributed by atoms with Crippen LogP contribution in [0.2, 0.25) is 0 Å². The molecular weight excluding hydrogens is 867 g/mol. The van der Waals surface area contributed by atoms with Crippen molar-refractivity contribution in [1.29, 1.82) is 0 Å². The molecule has 16 heteroatoms. The van der Waals surface area contributed by atoms with Crippen molar-refractivity contribution in [3.8, 4) is 0 Å². The van der Waals surface area contributed by atoms with Crippen LogP contribution in [0.25, 0.3) is 0 Å². The molecule has 11 atom stereocenters. The highest BCUT2D eigenvalue weighted by Crippen LogP contribution is 2.64. The van der Waals surface area contributed by atoms with Gasteiger partial charge < -0.3 is 49.1 Å². The number of carbonyl (C=O) groups is 6. The van der Waals surface area contributed by atoms with Gasteiger partial charge in [0.25, 0.3) is 0 Å². The maximum atomic E-state index is 15.2. The fraction of sp³-hybridized carbons (Fsp3) is 0.608. The molecule has 0 aromatic heterocycles. The Hall–Kier alpha value is -5.16. The lowest BCUT2D eigenvalue weighted by molar-refractivity contribution is -0.346. The Morgan fingerprint density at radius 2 is 1.54 bits per heavy atom. The number of Topliss-reactive ketones (excluding diaryl/α,β-unsaturated/α-hetero) is 1. The maximum Gasteiger partial charge on any atom is 0.408 e. The minimum absolute atomic E-state index is 0.0501. The van der Waals surface area contributed by atoms with Crippen molar-refractivity contribution in [2.45, 2.75) is 173 Å². The molecule has 4 N–H and O–H groups in total. The average molecular weight is 934 g/mol. The number of rotatable bonds is 15. The van der Waals surface area contributed by atoms with Crippen LogP contribution in [0.4, 0.5) is 4.79 Å². The van der Waals surface area contributed by atoms with Crippen LogP contribution in [0.5, 0.6) is 0 Å². The normalized spacial score (nSPS) is 30.7. The molecule has 1 saturated heterocycles. The summed E-state index contributed by atoms with van der Waals surface area (Å²) in [5.74, 6) is -6.08. The van der Waals surface area contributed by atoms with E-state index < -0.39 is 118 Å². The van der Waals surface area contributed by atoms with Gasteiger partial charge in [-0.25, -0.2) is 14.4 Å². The summed E-state index contributed by atoms with van der Waals surface area (Å²) in [4.78, 5) is 84.7. The molecule has 2 aromatic carbocycles. The topological polar surface area (TPSA) is 231 Å². The van der Waals surface area contributed by atoms with Crippen molar-refractivity contribution in [1.82, 2.24) is 5.32 Å². The number of benzene rings is 2. The molecule has 0 spiro atoms. The van der Waals surface area contributed by atoms with Gasteiger partial charge in [0.05, 0.1) is 29.6 Å². The van der Waals surface area contributed by atoms with E-state index in [4.69, 9.17) is 28.4 Å². The second kappa shape index (κ2) is 19.8. The predicted octanol–water partition coefficient (Wildman–Crippen LogP) is 6.17. The van der Waals surface area contributed by atoms with E-state index in [1.807, 2.05) is 0 Å². The molecule has 0 radical (unpaired) electrons. The van der Waals surface area contributed by atoms with Gasteiger partial charge in [0.15, 0.2) is 11.4 Å². The summed E-state index contributed by atoms with van der Waals surface area (Å²) in [6, 6.07) is 14.8. The van der Waals surface area contributed by atoms with E-state index in [2.05, 4.69) is 12.2 Å². The van der Waals surface area contributed by atoms with Gasteiger partial charge in [-0.05, 0) is 69.9 Å². The number of esters is 4.